The molecule has 29 heavy (non-hydrogen) atoms. The highest BCUT2D eigenvalue weighted by atomic mass is 32.2. The molecular weight excluding hydrogens is 422 g/mol. The van der Waals surface area contributed by atoms with Crippen LogP contribution in [0.1, 0.15) is 25.8 Å². The van der Waals surface area contributed by atoms with Crippen LogP contribution in [-0.2, 0) is 16.0 Å². The van der Waals surface area contributed by atoms with Crippen molar-refractivity contribution in [1.82, 2.24) is 10.3 Å². The van der Waals surface area contributed by atoms with E-state index in [1.165, 1.54) is 12.5 Å². The molecular formula is C21H23N3O2S3. The number of thiazole rings is 1. The van der Waals surface area contributed by atoms with Crippen molar-refractivity contribution in [3.8, 4) is 0 Å². The Balaban J connectivity index is 1.64. The summed E-state index contributed by atoms with van der Waals surface area (Å²) in [6.07, 6.45) is 1.43. The molecule has 1 unspecified atom stereocenters. The van der Waals surface area contributed by atoms with Gasteiger partial charge < -0.3 is 10.6 Å². The first-order valence-corrected chi connectivity index (χ1v) is 11.9. The molecule has 3 rings (SSSR count). The Labute approximate surface area is 182 Å². The van der Waals surface area contributed by atoms with Gasteiger partial charge in [-0.2, -0.15) is 11.3 Å². The number of rotatable bonds is 9. The summed E-state index contributed by atoms with van der Waals surface area (Å²) >= 11 is 5.09. The Bertz CT molecular complexity index is 996. The number of aromatic nitrogens is 1. The van der Waals surface area contributed by atoms with Crippen LogP contribution in [0.2, 0.25) is 0 Å². The number of thiophene rings is 1. The van der Waals surface area contributed by atoms with Gasteiger partial charge in [-0.3, -0.25) is 9.59 Å². The fourth-order valence-corrected chi connectivity index (χ4v) is 5.64. The van der Waals surface area contributed by atoms with Crippen LogP contribution >= 0.6 is 34.4 Å². The minimum Gasteiger partial charge on any atom is -0.344 e. The Hall–Kier alpha value is -2.16. The fourth-order valence-electron chi connectivity index (χ4n) is 2.77. The van der Waals surface area contributed by atoms with Crippen molar-refractivity contribution < 1.29 is 9.59 Å². The number of carbonyl (C=O) groups is 2. The fraction of sp³-hybridized carbons (Fsp3) is 0.286. The first-order chi connectivity index (χ1) is 13.9. The molecule has 0 radical (unpaired) electrons. The first-order valence-electron chi connectivity index (χ1n) is 9.17. The number of nitrogens with zero attached hydrogens (tertiary/aromatic N) is 1. The zero-order valence-electron chi connectivity index (χ0n) is 16.4. The highest BCUT2D eigenvalue weighted by Gasteiger charge is 2.20. The van der Waals surface area contributed by atoms with Gasteiger partial charge in [0.25, 0.3) is 0 Å². The molecule has 0 aliphatic heterocycles. The van der Waals surface area contributed by atoms with Crippen molar-refractivity contribution in [2.45, 2.75) is 37.1 Å². The number of hydrogen-bond acceptors (Lipinski definition) is 6. The Morgan fingerprint density at radius 2 is 2.10 bits per heavy atom. The molecule has 0 aliphatic carbocycles. The van der Waals surface area contributed by atoms with Crippen molar-refractivity contribution in [1.29, 1.82) is 0 Å². The number of carbonyl (C=O) groups excluding carboxylic acids is 2. The van der Waals surface area contributed by atoms with Gasteiger partial charge in [0.1, 0.15) is 6.04 Å². The third kappa shape index (κ3) is 6.42. The Kier molecular flexibility index (Phi) is 7.46. The summed E-state index contributed by atoms with van der Waals surface area (Å²) < 4.78 is 2.05. The van der Waals surface area contributed by atoms with Crippen LogP contribution in [0.15, 0.2) is 51.5 Å². The Morgan fingerprint density at radius 3 is 2.79 bits per heavy atom. The highest BCUT2D eigenvalue weighted by Crippen LogP contribution is 2.31. The number of aryl methyl sites for hydroxylation is 1. The predicted molar refractivity (Wildman–Crippen MR) is 124 cm³/mol. The van der Waals surface area contributed by atoms with E-state index in [1.54, 1.807) is 34.4 Å². The van der Waals surface area contributed by atoms with Crippen LogP contribution in [0.5, 0.6) is 0 Å². The lowest BCUT2D eigenvalue weighted by Gasteiger charge is -2.17. The van der Waals surface area contributed by atoms with Crippen molar-refractivity contribution >= 4 is 62.2 Å². The molecule has 1 atom stereocenters. The molecule has 8 heteroatoms. The van der Waals surface area contributed by atoms with Crippen LogP contribution in [0.4, 0.5) is 5.69 Å². The monoisotopic (exact) mass is 445 g/mol. The number of thioether (sulfide) groups is 1. The van der Waals surface area contributed by atoms with Gasteiger partial charge in [-0.25, -0.2) is 4.98 Å². The second-order valence-corrected chi connectivity index (χ2v) is 9.95. The average Bonchev–Trinajstić information content (AvgIpc) is 3.29. The predicted octanol–water partition coefficient (Wildman–Crippen LogP) is 5.10. The summed E-state index contributed by atoms with van der Waals surface area (Å²) in [7, 11) is 0. The molecule has 0 aliphatic rings. The van der Waals surface area contributed by atoms with E-state index in [-0.39, 0.29) is 11.8 Å². The maximum atomic E-state index is 12.6. The van der Waals surface area contributed by atoms with Crippen molar-refractivity contribution in [2.75, 3.05) is 11.1 Å². The van der Waals surface area contributed by atoms with Gasteiger partial charge in [-0.05, 0) is 60.4 Å². The molecule has 152 valence electrons. The van der Waals surface area contributed by atoms with Crippen LogP contribution in [-0.4, -0.2) is 28.6 Å². The van der Waals surface area contributed by atoms with E-state index in [1.807, 2.05) is 25.1 Å². The van der Waals surface area contributed by atoms with E-state index in [9.17, 15) is 9.59 Å². The van der Waals surface area contributed by atoms with E-state index in [0.29, 0.717) is 12.1 Å². The van der Waals surface area contributed by atoms with Crippen molar-refractivity contribution in [3.05, 3.63) is 52.7 Å². The molecule has 0 bridgehead atoms. The molecule has 3 aromatic rings. The number of benzene rings is 1. The lowest BCUT2D eigenvalue weighted by Crippen LogP contribution is -2.43. The third-order valence-electron chi connectivity index (χ3n) is 4.08. The normalized spacial score (nSPS) is 11.9. The Morgan fingerprint density at radius 1 is 1.28 bits per heavy atom. The maximum Gasteiger partial charge on any atom is 0.247 e. The highest BCUT2D eigenvalue weighted by molar-refractivity contribution is 8.01. The largest absolute Gasteiger partial charge is 0.344 e. The quantitative estimate of drug-likeness (QED) is 0.355. The molecule has 0 spiro atoms. The average molecular weight is 446 g/mol. The molecule has 5 nitrogen and oxygen atoms in total. The number of fused-ring (bicyclic) bond motifs is 1. The van der Waals surface area contributed by atoms with Gasteiger partial charge in [-0.15, -0.1) is 17.9 Å². The first kappa shape index (κ1) is 21.5. The van der Waals surface area contributed by atoms with E-state index in [0.717, 1.165) is 32.3 Å². The summed E-state index contributed by atoms with van der Waals surface area (Å²) in [5.41, 5.74) is 3.81. The molecule has 2 aromatic heterocycles. The van der Waals surface area contributed by atoms with Gasteiger partial charge in [0.2, 0.25) is 11.8 Å². The number of amides is 2. The molecule has 2 heterocycles. The topological polar surface area (TPSA) is 71.1 Å². The second-order valence-electron chi connectivity index (χ2n) is 6.80. The minimum atomic E-state index is -0.634. The molecule has 2 amide bonds. The van der Waals surface area contributed by atoms with E-state index in [4.69, 9.17) is 0 Å². The van der Waals surface area contributed by atoms with Crippen LogP contribution in [0.3, 0.4) is 0 Å². The molecule has 0 fully saturated rings. The standard InChI is InChI=1S/C21H23N3O2S3/c1-13(2)10-18(22-14(3)25)20(26)23-16-4-5-17-19(11-16)29-21(24-17)28-9-7-15-6-8-27-12-15/h4-6,8,11-12,18H,1,7,9-10H2,2-3H3,(H,22,25)(H,23,26). The summed E-state index contributed by atoms with van der Waals surface area (Å²) in [5, 5.41) is 9.85. The summed E-state index contributed by atoms with van der Waals surface area (Å²) in [5.74, 6) is 0.491. The number of anilines is 1. The van der Waals surface area contributed by atoms with Gasteiger partial charge in [0.05, 0.1) is 10.2 Å². The van der Waals surface area contributed by atoms with Gasteiger partial charge >= 0.3 is 0 Å². The van der Waals surface area contributed by atoms with Crippen LogP contribution < -0.4 is 10.6 Å². The molecule has 0 saturated heterocycles. The maximum absolute atomic E-state index is 12.6. The third-order valence-corrected chi connectivity index (χ3v) is 6.97. The number of nitrogens with one attached hydrogen (secondary N) is 2. The zero-order valence-corrected chi connectivity index (χ0v) is 18.8. The number of hydrogen-bond donors (Lipinski definition) is 2. The van der Waals surface area contributed by atoms with Crippen LogP contribution in [0.25, 0.3) is 10.2 Å². The van der Waals surface area contributed by atoms with E-state index in [2.05, 4.69) is 39.0 Å². The lowest BCUT2D eigenvalue weighted by atomic mass is 10.1. The second kappa shape index (κ2) is 10.0. The minimum absolute atomic E-state index is 0.242. The molecule has 2 N–H and O–H groups in total. The summed E-state index contributed by atoms with van der Waals surface area (Å²) in [6, 6.07) is 7.20. The van der Waals surface area contributed by atoms with E-state index < -0.39 is 6.04 Å². The lowest BCUT2D eigenvalue weighted by molar-refractivity contribution is -0.125. The molecule has 0 saturated carbocycles. The smallest absolute Gasteiger partial charge is 0.247 e. The van der Waals surface area contributed by atoms with Crippen LogP contribution in [0, 0.1) is 0 Å². The van der Waals surface area contributed by atoms with Gasteiger partial charge in [0, 0.05) is 18.4 Å². The van der Waals surface area contributed by atoms with Gasteiger partial charge in [0.15, 0.2) is 4.34 Å². The molecule has 1 aromatic carbocycles. The van der Waals surface area contributed by atoms with Gasteiger partial charge in [-0.1, -0.05) is 17.3 Å². The van der Waals surface area contributed by atoms with E-state index >= 15 is 0 Å². The van der Waals surface area contributed by atoms with Crippen molar-refractivity contribution in [3.63, 3.8) is 0 Å². The zero-order chi connectivity index (χ0) is 20.8. The van der Waals surface area contributed by atoms with Crippen molar-refractivity contribution in [2.24, 2.45) is 0 Å². The summed E-state index contributed by atoms with van der Waals surface area (Å²) in [4.78, 5) is 28.7. The summed E-state index contributed by atoms with van der Waals surface area (Å²) in [6.45, 7) is 7.08. The SMILES string of the molecule is C=C(C)CC(NC(C)=O)C(=O)Nc1ccc2nc(SCCc3ccsc3)sc2c1.